The van der Waals surface area contributed by atoms with E-state index in [1.54, 1.807) is 0 Å². The molecular weight excluding hydrogens is 374 g/mol. The molecule has 0 spiro atoms. The first-order valence-electron chi connectivity index (χ1n) is 10.5. The summed E-state index contributed by atoms with van der Waals surface area (Å²) in [6.45, 7) is 9.41. The number of nitrogen functional groups attached to an aromatic ring is 1. The zero-order valence-corrected chi connectivity index (χ0v) is 18.1. The summed E-state index contributed by atoms with van der Waals surface area (Å²) < 4.78 is 6.48. The van der Waals surface area contributed by atoms with Crippen molar-refractivity contribution in [3.63, 3.8) is 0 Å². The van der Waals surface area contributed by atoms with Gasteiger partial charge in [0.05, 0.1) is 19.7 Å². The number of aromatic amines is 1. The quantitative estimate of drug-likeness (QED) is 0.506. The topological polar surface area (TPSA) is 115 Å². The number of ether oxygens (including phenoxy) is 1. The molecule has 164 valence electrons. The lowest BCUT2D eigenvalue weighted by Crippen LogP contribution is -3.15. The van der Waals surface area contributed by atoms with E-state index in [-0.39, 0.29) is 37.1 Å². The minimum Gasteiger partial charge on any atom is -0.383 e. The minimum absolute atomic E-state index is 0.0343. The van der Waals surface area contributed by atoms with E-state index in [0.29, 0.717) is 18.4 Å². The van der Waals surface area contributed by atoms with Gasteiger partial charge in [-0.25, -0.2) is 4.79 Å². The third-order valence-electron chi connectivity index (χ3n) is 5.52. The third kappa shape index (κ3) is 5.93. The van der Waals surface area contributed by atoms with Crippen LogP contribution >= 0.6 is 0 Å². The lowest BCUT2D eigenvalue weighted by molar-refractivity contribution is -0.904. The Balaban J connectivity index is 2.35. The molecule has 1 fully saturated rings. The predicted molar refractivity (Wildman–Crippen MR) is 113 cm³/mol. The first kappa shape index (κ1) is 23.2. The van der Waals surface area contributed by atoms with Gasteiger partial charge in [0.1, 0.15) is 5.82 Å². The average Bonchev–Trinajstić information content (AvgIpc) is 2.63. The maximum absolute atomic E-state index is 13.2. The number of piperidine rings is 1. The average molecular weight is 411 g/mol. The Morgan fingerprint density at radius 3 is 2.55 bits per heavy atom. The molecule has 1 amide bonds. The van der Waals surface area contributed by atoms with E-state index in [9.17, 15) is 14.4 Å². The van der Waals surface area contributed by atoms with Gasteiger partial charge < -0.3 is 15.4 Å². The standard InChI is InChI=1S/C20H35N5O4/c1-5-6-7-25-18(21)17(19(27)22-20(25)28)24(8-9-29-4)16(26)13-23-11-14(2)10-15(3)12-23/h14-15H,5-13,21H2,1-4H3,(H,22,27,28)/p+1/t14-,15-/m1/s1. The zero-order chi connectivity index (χ0) is 21.6. The molecule has 0 aliphatic carbocycles. The van der Waals surface area contributed by atoms with Crippen LogP contribution in [0.3, 0.4) is 0 Å². The lowest BCUT2D eigenvalue weighted by Gasteiger charge is -2.33. The van der Waals surface area contributed by atoms with Gasteiger partial charge in [0.25, 0.3) is 11.5 Å². The summed E-state index contributed by atoms with van der Waals surface area (Å²) in [5.74, 6) is 0.958. The highest BCUT2D eigenvalue weighted by Crippen LogP contribution is 2.17. The van der Waals surface area contributed by atoms with Gasteiger partial charge in [0, 0.05) is 32.0 Å². The Kier molecular flexibility index (Phi) is 8.45. The highest BCUT2D eigenvalue weighted by atomic mass is 16.5. The number of nitrogens with zero attached hydrogens (tertiary/aromatic N) is 2. The van der Waals surface area contributed by atoms with Crippen molar-refractivity contribution >= 4 is 17.4 Å². The Morgan fingerprint density at radius 1 is 1.31 bits per heavy atom. The van der Waals surface area contributed by atoms with Crippen LogP contribution in [0.25, 0.3) is 0 Å². The van der Waals surface area contributed by atoms with Gasteiger partial charge in [-0.05, 0) is 12.8 Å². The molecule has 1 aliphatic heterocycles. The number of carbonyl (C=O) groups excluding carboxylic acids is 1. The van der Waals surface area contributed by atoms with Crippen molar-refractivity contribution in [2.45, 2.75) is 46.6 Å². The maximum Gasteiger partial charge on any atom is 0.330 e. The van der Waals surface area contributed by atoms with E-state index in [4.69, 9.17) is 10.5 Å². The van der Waals surface area contributed by atoms with Crippen molar-refractivity contribution in [1.29, 1.82) is 0 Å². The molecule has 0 saturated carbocycles. The van der Waals surface area contributed by atoms with Crippen molar-refractivity contribution < 1.29 is 14.4 Å². The Hall–Kier alpha value is -2.13. The van der Waals surface area contributed by atoms with Gasteiger partial charge >= 0.3 is 5.69 Å². The number of H-pyrrole nitrogens is 1. The molecule has 9 nitrogen and oxygen atoms in total. The number of hydrogen-bond donors (Lipinski definition) is 3. The summed E-state index contributed by atoms with van der Waals surface area (Å²) in [5.41, 5.74) is 5.07. The molecule has 2 atom stereocenters. The number of hydrogen-bond acceptors (Lipinski definition) is 5. The number of rotatable bonds is 9. The second-order valence-electron chi connectivity index (χ2n) is 8.32. The Labute approximate surface area is 171 Å². The van der Waals surface area contributed by atoms with Gasteiger partial charge in [0.2, 0.25) is 0 Å². The number of unbranched alkanes of at least 4 members (excludes halogenated alkanes) is 1. The minimum atomic E-state index is -0.639. The number of nitrogens with one attached hydrogen (secondary N) is 2. The highest BCUT2D eigenvalue weighted by Gasteiger charge is 2.31. The molecule has 0 unspecified atom stereocenters. The van der Waals surface area contributed by atoms with E-state index in [2.05, 4.69) is 18.8 Å². The van der Waals surface area contributed by atoms with Crippen LogP contribution in [-0.2, 0) is 16.1 Å². The van der Waals surface area contributed by atoms with Crippen LogP contribution < -0.4 is 26.8 Å². The van der Waals surface area contributed by atoms with Crippen molar-refractivity contribution in [3.05, 3.63) is 20.8 Å². The van der Waals surface area contributed by atoms with Crippen molar-refractivity contribution in [3.8, 4) is 0 Å². The third-order valence-corrected chi connectivity index (χ3v) is 5.52. The summed E-state index contributed by atoms with van der Waals surface area (Å²) in [6.07, 6.45) is 2.79. The highest BCUT2D eigenvalue weighted by molar-refractivity contribution is 5.96. The fraction of sp³-hybridized carbons (Fsp3) is 0.750. The summed E-state index contributed by atoms with van der Waals surface area (Å²) in [7, 11) is 1.54. The van der Waals surface area contributed by atoms with Gasteiger partial charge in [0.15, 0.2) is 12.2 Å². The van der Waals surface area contributed by atoms with Gasteiger partial charge in [-0.2, -0.15) is 0 Å². The predicted octanol–water partition coefficient (Wildman–Crippen LogP) is -0.541. The molecule has 1 aromatic heterocycles. The number of nitrogens with two attached hydrogens (primary N) is 1. The molecule has 0 bridgehead atoms. The molecule has 0 aromatic carbocycles. The van der Waals surface area contributed by atoms with Crippen LogP contribution in [0.5, 0.6) is 0 Å². The lowest BCUT2D eigenvalue weighted by atomic mass is 9.92. The van der Waals surface area contributed by atoms with E-state index in [1.165, 1.54) is 27.9 Å². The van der Waals surface area contributed by atoms with Crippen LogP contribution in [0.2, 0.25) is 0 Å². The summed E-state index contributed by atoms with van der Waals surface area (Å²) in [6, 6.07) is 0. The molecule has 1 saturated heterocycles. The largest absolute Gasteiger partial charge is 0.383 e. The molecule has 9 heteroatoms. The summed E-state index contributed by atoms with van der Waals surface area (Å²) in [4.78, 5) is 42.9. The fourth-order valence-electron chi connectivity index (χ4n) is 4.30. The van der Waals surface area contributed by atoms with E-state index >= 15 is 0 Å². The number of quaternary nitrogens is 1. The first-order chi connectivity index (χ1) is 13.8. The number of amides is 1. The van der Waals surface area contributed by atoms with Crippen molar-refractivity contribution in [2.75, 3.05) is 50.5 Å². The number of methoxy groups -OCH3 is 1. The van der Waals surface area contributed by atoms with E-state index < -0.39 is 11.2 Å². The second-order valence-corrected chi connectivity index (χ2v) is 8.32. The van der Waals surface area contributed by atoms with Gasteiger partial charge in [-0.1, -0.05) is 27.2 Å². The second kappa shape index (κ2) is 10.6. The SMILES string of the molecule is CCCCn1c(N)c(N(CCOC)C(=O)C[NH+]2C[C@H](C)C[C@@H](C)C2)c(=O)[nH]c1=O. The Morgan fingerprint density at radius 2 is 1.97 bits per heavy atom. The van der Waals surface area contributed by atoms with Crippen molar-refractivity contribution in [2.24, 2.45) is 11.8 Å². The zero-order valence-electron chi connectivity index (χ0n) is 18.1. The molecular formula is C20H36N5O4+. The van der Waals surface area contributed by atoms with Gasteiger partial charge in [-0.15, -0.1) is 0 Å². The Bertz CT molecular complexity index is 793. The molecule has 2 heterocycles. The molecule has 4 N–H and O–H groups in total. The molecule has 1 aliphatic rings. The van der Waals surface area contributed by atoms with Crippen molar-refractivity contribution in [1.82, 2.24) is 9.55 Å². The first-order valence-corrected chi connectivity index (χ1v) is 10.5. The van der Waals surface area contributed by atoms with E-state index in [1.807, 2.05) is 6.92 Å². The molecule has 0 radical (unpaired) electrons. The molecule has 29 heavy (non-hydrogen) atoms. The summed E-state index contributed by atoms with van der Waals surface area (Å²) in [5, 5.41) is 0. The number of anilines is 2. The maximum atomic E-state index is 13.2. The number of likely N-dealkylation sites (tertiary alicyclic amines) is 1. The van der Waals surface area contributed by atoms with Crippen LogP contribution in [-0.4, -0.2) is 55.4 Å². The fourth-order valence-corrected chi connectivity index (χ4v) is 4.30. The smallest absolute Gasteiger partial charge is 0.330 e. The van der Waals surface area contributed by atoms with Crippen LogP contribution in [0.15, 0.2) is 9.59 Å². The van der Waals surface area contributed by atoms with E-state index in [0.717, 1.165) is 25.9 Å². The molecule has 1 aromatic rings. The van der Waals surface area contributed by atoms with Gasteiger partial charge in [-0.3, -0.25) is 24.0 Å². The monoisotopic (exact) mass is 410 g/mol. The van der Waals surface area contributed by atoms with Crippen LogP contribution in [0, 0.1) is 11.8 Å². The summed E-state index contributed by atoms with van der Waals surface area (Å²) >= 11 is 0. The number of aromatic nitrogens is 2. The van der Waals surface area contributed by atoms with Crippen LogP contribution in [0.4, 0.5) is 11.5 Å². The number of carbonyl (C=O) groups is 1. The molecule has 2 rings (SSSR count). The normalized spacial score (nSPS) is 21.9. The van der Waals surface area contributed by atoms with Crippen LogP contribution in [0.1, 0.15) is 40.0 Å².